The zero-order valence-electron chi connectivity index (χ0n) is 9.59. The first-order valence-corrected chi connectivity index (χ1v) is 5.01. The van der Waals surface area contributed by atoms with Gasteiger partial charge in [0.15, 0.2) is 0 Å². The van der Waals surface area contributed by atoms with Gasteiger partial charge in [-0.25, -0.2) is 4.79 Å². The first-order chi connectivity index (χ1) is 7.15. The third kappa shape index (κ3) is 3.97. The number of ether oxygens (including phenoxy) is 1. The van der Waals surface area contributed by atoms with Crippen molar-refractivity contribution >= 4 is 5.97 Å². The van der Waals surface area contributed by atoms with E-state index in [1.807, 2.05) is 13.8 Å². The average Bonchev–Trinajstić information content (AvgIpc) is 2.25. The smallest absolute Gasteiger partial charge is 0.339 e. The number of hydrogen-bond donors (Lipinski definition) is 1. The topological polar surface area (TPSA) is 59.2 Å². The lowest BCUT2D eigenvalue weighted by Gasteiger charge is -2.01. The molecule has 4 nitrogen and oxygen atoms in total. The van der Waals surface area contributed by atoms with E-state index in [-0.39, 0.29) is 5.56 Å². The number of H-pyrrole nitrogens is 1. The van der Waals surface area contributed by atoms with Crippen LogP contribution in [0.4, 0.5) is 0 Å². The van der Waals surface area contributed by atoms with Crippen LogP contribution in [0, 0.1) is 6.92 Å². The molecule has 0 bridgehead atoms. The summed E-state index contributed by atoms with van der Waals surface area (Å²) in [5.74, 6) is -0.415. The van der Waals surface area contributed by atoms with Crippen molar-refractivity contribution in [2.24, 2.45) is 0 Å². The summed E-state index contributed by atoms with van der Waals surface area (Å²) in [6.45, 7) is 7.70. The summed E-state index contributed by atoms with van der Waals surface area (Å²) in [5.41, 5.74) is 0.692. The quantitative estimate of drug-likeness (QED) is 0.760. The van der Waals surface area contributed by atoms with Crippen molar-refractivity contribution in [2.75, 3.05) is 6.61 Å². The fraction of sp³-hybridized carbons (Fsp3) is 0.455. The van der Waals surface area contributed by atoms with Crippen LogP contribution in [0.3, 0.4) is 0 Å². The van der Waals surface area contributed by atoms with Gasteiger partial charge in [-0.05, 0) is 19.9 Å². The average molecular weight is 211 g/mol. The Balaban J connectivity index is 0.000000921. The van der Waals surface area contributed by atoms with E-state index in [1.165, 1.54) is 12.3 Å². The number of carbonyl (C=O) groups is 1. The van der Waals surface area contributed by atoms with Crippen molar-refractivity contribution in [2.45, 2.75) is 27.7 Å². The summed E-state index contributed by atoms with van der Waals surface area (Å²) in [7, 11) is 0. The second kappa shape index (κ2) is 6.81. The van der Waals surface area contributed by atoms with Crippen LogP contribution in [0.25, 0.3) is 0 Å². The molecule has 0 radical (unpaired) electrons. The van der Waals surface area contributed by atoms with Gasteiger partial charge in [0.2, 0.25) is 0 Å². The summed E-state index contributed by atoms with van der Waals surface area (Å²) in [6.07, 6.45) is 1.35. The summed E-state index contributed by atoms with van der Waals surface area (Å²) >= 11 is 0. The lowest BCUT2D eigenvalue weighted by Crippen LogP contribution is -2.13. The largest absolute Gasteiger partial charge is 0.462 e. The summed E-state index contributed by atoms with van der Waals surface area (Å²) < 4.78 is 4.76. The Morgan fingerprint density at radius 3 is 2.53 bits per heavy atom. The van der Waals surface area contributed by atoms with E-state index in [1.54, 1.807) is 13.8 Å². The molecule has 0 atom stereocenters. The first-order valence-electron chi connectivity index (χ1n) is 5.01. The SMILES string of the molecule is CC.CCOC(=O)c1c[nH]c(=O)c(C)c1. The number of aromatic nitrogens is 1. The van der Waals surface area contributed by atoms with E-state index < -0.39 is 5.97 Å². The summed E-state index contributed by atoms with van der Waals surface area (Å²) in [4.78, 5) is 24.6. The van der Waals surface area contributed by atoms with Gasteiger partial charge >= 0.3 is 5.97 Å². The van der Waals surface area contributed by atoms with Crippen LogP contribution in [0.5, 0.6) is 0 Å². The van der Waals surface area contributed by atoms with Crippen LogP contribution in [-0.4, -0.2) is 17.6 Å². The number of nitrogens with one attached hydrogen (secondary N) is 1. The molecule has 15 heavy (non-hydrogen) atoms. The molecule has 1 heterocycles. The molecular formula is C11H17NO3. The minimum Gasteiger partial charge on any atom is -0.462 e. The van der Waals surface area contributed by atoms with Gasteiger partial charge in [-0.1, -0.05) is 13.8 Å². The molecule has 0 amide bonds. The van der Waals surface area contributed by atoms with E-state index >= 15 is 0 Å². The maximum atomic E-state index is 11.2. The maximum absolute atomic E-state index is 11.2. The molecule has 1 N–H and O–H groups in total. The molecule has 1 aromatic rings. The maximum Gasteiger partial charge on any atom is 0.339 e. The van der Waals surface area contributed by atoms with Crippen molar-refractivity contribution in [1.82, 2.24) is 4.98 Å². The molecule has 0 unspecified atom stereocenters. The van der Waals surface area contributed by atoms with Gasteiger partial charge in [0.1, 0.15) is 0 Å². The van der Waals surface area contributed by atoms with Crippen molar-refractivity contribution in [1.29, 1.82) is 0 Å². The molecular weight excluding hydrogens is 194 g/mol. The Morgan fingerprint density at radius 1 is 1.47 bits per heavy atom. The van der Waals surface area contributed by atoms with Gasteiger partial charge in [-0.2, -0.15) is 0 Å². The highest BCUT2D eigenvalue weighted by Gasteiger charge is 2.06. The highest BCUT2D eigenvalue weighted by atomic mass is 16.5. The molecule has 0 aliphatic heterocycles. The Morgan fingerprint density at radius 2 is 2.07 bits per heavy atom. The van der Waals surface area contributed by atoms with Crippen LogP contribution >= 0.6 is 0 Å². The lowest BCUT2D eigenvalue weighted by molar-refractivity contribution is 0.0525. The molecule has 1 aromatic heterocycles. The number of esters is 1. The molecule has 1 rings (SSSR count). The van der Waals surface area contributed by atoms with Crippen molar-refractivity contribution < 1.29 is 9.53 Å². The predicted molar refractivity (Wildman–Crippen MR) is 59.1 cm³/mol. The zero-order chi connectivity index (χ0) is 11.8. The van der Waals surface area contributed by atoms with Crippen LogP contribution in [0.2, 0.25) is 0 Å². The molecule has 0 fully saturated rings. The highest BCUT2D eigenvalue weighted by Crippen LogP contribution is 1.99. The lowest BCUT2D eigenvalue weighted by atomic mass is 10.2. The number of pyridine rings is 1. The predicted octanol–water partition coefficient (Wildman–Crippen LogP) is 1.89. The molecule has 4 heteroatoms. The van der Waals surface area contributed by atoms with Crippen LogP contribution in [0.1, 0.15) is 36.7 Å². The minimum absolute atomic E-state index is 0.187. The van der Waals surface area contributed by atoms with Gasteiger partial charge in [-0.3, -0.25) is 4.79 Å². The molecule has 0 aliphatic rings. The Labute approximate surface area is 89.3 Å². The monoisotopic (exact) mass is 211 g/mol. The highest BCUT2D eigenvalue weighted by molar-refractivity contribution is 5.89. The Hall–Kier alpha value is -1.58. The molecule has 0 saturated carbocycles. The normalized spacial score (nSPS) is 8.80. The first kappa shape index (κ1) is 13.4. The second-order valence-corrected chi connectivity index (χ2v) is 2.62. The molecule has 0 saturated heterocycles. The number of carbonyl (C=O) groups excluding carboxylic acids is 1. The summed E-state index contributed by atoms with van der Waals surface area (Å²) in [5, 5.41) is 0. The van der Waals surface area contributed by atoms with E-state index in [2.05, 4.69) is 4.98 Å². The van der Waals surface area contributed by atoms with Gasteiger partial charge < -0.3 is 9.72 Å². The van der Waals surface area contributed by atoms with Gasteiger partial charge in [-0.15, -0.1) is 0 Å². The van der Waals surface area contributed by atoms with Gasteiger partial charge in [0.25, 0.3) is 5.56 Å². The molecule has 0 aromatic carbocycles. The number of rotatable bonds is 2. The third-order valence-electron chi connectivity index (χ3n) is 1.60. The standard InChI is InChI=1S/C9H11NO3.C2H6/c1-3-13-9(12)7-4-6(2)8(11)10-5-7;1-2/h4-5H,3H2,1-2H3,(H,10,11);1-2H3. The van der Waals surface area contributed by atoms with E-state index in [0.717, 1.165) is 0 Å². The van der Waals surface area contributed by atoms with Crippen LogP contribution < -0.4 is 5.56 Å². The van der Waals surface area contributed by atoms with E-state index in [4.69, 9.17) is 4.74 Å². The van der Waals surface area contributed by atoms with Crippen LogP contribution in [0.15, 0.2) is 17.1 Å². The van der Waals surface area contributed by atoms with Gasteiger partial charge in [0.05, 0.1) is 12.2 Å². The van der Waals surface area contributed by atoms with E-state index in [9.17, 15) is 9.59 Å². The minimum atomic E-state index is -0.415. The van der Waals surface area contributed by atoms with Crippen molar-refractivity contribution in [3.63, 3.8) is 0 Å². The Bertz CT molecular complexity index is 368. The van der Waals surface area contributed by atoms with Crippen molar-refractivity contribution in [3.8, 4) is 0 Å². The fourth-order valence-corrected chi connectivity index (χ4v) is 0.930. The number of aryl methyl sites for hydroxylation is 1. The van der Waals surface area contributed by atoms with Crippen molar-refractivity contribution in [3.05, 3.63) is 33.7 Å². The van der Waals surface area contributed by atoms with Gasteiger partial charge in [0, 0.05) is 11.8 Å². The Kier molecular flexibility index (Phi) is 6.09. The second-order valence-electron chi connectivity index (χ2n) is 2.62. The number of hydrogen-bond acceptors (Lipinski definition) is 3. The fourth-order valence-electron chi connectivity index (χ4n) is 0.930. The molecule has 84 valence electrons. The molecule has 0 spiro atoms. The van der Waals surface area contributed by atoms with E-state index in [0.29, 0.717) is 17.7 Å². The summed E-state index contributed by atoms with van der Waals surface area (Å²) in [6, 6.07) is 1.51. The molecule has 0 aliphatic carbocycles. The zero-order valence-corrected chi connectivity index (χ0v) is 9.59. The third-order valence-corrected chi connectivity index (χ3v) is 1.60. The van der Waals surface area contributed by atoms with Crippen LogP contribution in [-0.2, 0) is 4.74 Å². The number of aromatic amines is 1.